The van der Waals surface area contributed by atoms with Crippen molar-refractivity contribution in [2.24, 2.45) is 0 Å². The lowest BCUT2D eigenvalue weighted by atomic mass is 9.81. The molecule has 0 bridgehead atoms. The molecule has 2 aliphatic carbocycles. The summed E-state index contributed by atoms with van der Waals surface area (Å²) in [5.74, 6) is 0. The molecule has 11 rings (SSSR count). The Balaban J connectivity index is 1.20. The third-order valence-electron chi connectivity index (χ3n) is 12.7. The van der Waals surface area contributed by atoms with Crippen molar-refractivity contribution in [1.29, 1.82) is 0 Å². The van der Waals surface area contributed by atoms with Crippen LogP contribution >= 0.6 is 0 Å². The lowest BCUT2D eigenvalue weighted by Gasteiger charge is -2.31. The summed E-state index contributed by atoms with van der Waals surface area (Å²) in [5.41, 5.74) is 20.3. The first-order chi connectivity index (χ1) is 27.3. The van der Waals surface area contributed by atoms with Crippen LogP contribution < -0.4 is 4.90 Å². The van der Waals surface area contributed by atoms with Gasteiger partial charge in [-0.15, -0.1) is 0 Å². The van der Waals surface area contributed by atoms with E-state index in [1.165, 1.54) is 61.2 Å². The molecule has 0 saturated carbocycles. The summed E-state index contributed by atoms with van der Waals surface area (Å²) in [6, 6.07) is 64.6. The zero-order chi connectivity index (χ0) is 37.8. The topological polar surface area (TPSA) is 16.4 Å². The average molecular weight is 720 g/mol. The van der Waals surface area contributed by atoms with E-state index in [-0.39, 0.29) is 10.8 Å². The van der Waals surface area contributed by atoms with Crippen LogP contribution in [0.5, 0.6) is 0 Å². The van der Waals surface area contributed by atoms with Crippen molar-refractivity contribution in [3.63, 3.8) is 0 Å². The highest BCUT2D eigenvalue weighted by Crippen LogP contribution is 2.55. The maximum Gasteiger partial charge on any atom is 0.137 e. The molecule has 0 N–H and O–H groups in total. The fourth-order valence-corrected chi connectivity index (χ4v) is 9.81. The molecule has 1 heterocycles. The Morgan fingerprint density at radius 1 is 0.375 bits per heavy atom. The van der Waals surface area contributed by atoms with Gasteiger partial charge in [0.2, 0.25) is 0 Å². The highest BCUT2D eigenvalue weighted by Gasteiger charge is 2.37. The van der Waals surface area contributed by atoms with E-state index in [1.807, 2.05) is 0 Å². The Hall–Kier alpha value is -6.64. The first-order valence-corrected chi connectivity index (χ1v) is 19.7. The average Bonchev–Trinajstić information content (AvgIpc) is 3.81. The molecule has 0 fully saturated rings. The number of hydrogen-bond donors (Lipinski definition) is 0. The van der Waals surface area contributed by atoms with Crippen molar-refractivity contribution in [3.8, 4) is 44.5 Å². The van der Waals surface area contributed by atoms with Gasteiger partial charge in [-0.3, -0.25) is 0 Å². The Morgan fingerprint density at radius 2 is 0.893 bits per heavy atom. The lowest BCUT2D eigenvalue weighted by molar-refractivity contribution is 0.660. The van der Waals surface area contributed by atoms with Gasteiger partial charge in [0.15, 0.2) is 0 Å². The largest absolute Gasteiger partial charge is 0.456 e. The molecule has 2 heteroatoms. The highest BCUT2D eigenvalue weighted by molar-refractivity contribution is 6.17. The summed E-state index contributed by atoms with van der Waals surface area (Å²) in [6.07, 6.45) is 0. The Labute approximate surface area is 328 Å². The van der Waals surface area contributed by atoms with E-state index in [9.17, 15) is 0 Å². The smallest absolute Gasteiger partial charge is 0.137 e. The number of fused-ring (bicyclic) bond motifs is 9. The van der Waals surface area contributed by atoms with Crippen LogP contribution in [0.15, 0.2) is 180 Å². The van der Waals surface area contributed by atoms with Crippen LogP contribution in [0.25, 0.3) is 66.4 Å². The molecule has 1 aromatic heterocycles. The van der Waals surface area contributed by atoms with Crippen LogP contribution in [0.2, 0.25) is 0 Å². The molecule has 56 heavy (non-hydrogen) atoms. The molecule has 0 saturated heterocycles. The summed E-state index contributed by atoms with van der Waals surface area (Å²) < 4.78 is 6.65. The van der Waals surface area contributed by atoms with Crippen molar-refractivity contribution >= 4 is 39.0 Å². The summed E-state index contributed by atoms with van der Waals surface area (Å²) in [7, 11) is 0. The predicted molar refractivity (Wildman–Crippen MR) is 234 cm³/mol. The molecule has 0 radical (unpaired) electrons. The lowest BCUT2D eigenvalue weighted by Crippen LogP contribution is -2.17. The van der Waals surface area contributed by atoms with Gasteiger partial charge in [-0.1, -0.05) is 155 Å². The number of benzene rings is 8. The third-order valence-corrected chi connectivity index (χ3v) is 12.7. The second-order valence-electron chi connectivity index (χ2n) is 16.5. The Bertz CT molecular complexity index is 3020. The maximum absolute atomic E-state index is 6.65. The Kier molecular flexibility index (Phi) is 6.98. The minimum atomic E-state index is -0.150. The number of anilines is 3. The number of para-hydroxylation sites is 1. The van der Waals surface area contributed by atoms with Crippen LogP contribution in [-0.2, 0) is 10.8 Å². The van der Waals surface area contributed by atoms with E-state index in [0.29, 0.717) is 0 Å². The highest BCUT2D eigenvalue weighted by atomic mass is 16.3. The van der Waals surface area contributed by atoms with E-state index < -0.39 is 0 Å². The number of hydrogen-bond acceptors (Lipinski definition) is 2. The molecule has 0 unspecified atom stereocenters. The fraction of sp³-hybridized carbons (Fsp3) is 0.111. The van der Waals surface area contributed by atoms with Crippen LogP contribution in [0.3, 0.4) is 0 Å². The van der Waals surface area contributed by atoms with Crippen LogP contribution in [-0.4, -0.2) is 0 Å². The van der Waals surface area contributed by atoms with Crippen molar-refractivity contribution in [1.82, 2.24) is 0 Å². The molecule has 8 aromatic carbocycles. The zero-order valence-electron chi connectivity index (χ0n) is 32.1. The van der Waals surface area contributed by atoms with Crippen LogP contribution in [0.1, 0.15) is 49.9 Å². The van der Waals surface area contributed by atoms with Gasteiger partial charge in [0.1, 0.15) is 11.2 Å². The molecule has 268 valence electrons. The molecular weight excluding hydrogens is 679 g/mol. The van der Waals surface area contributed by atoms with E-state index in [1.54, 1.807) is 0 Å². The van der Waals surface area contributed by atoms with E-state index in [2.05, 4.69) is 209 Å². The van der Waals surface area contributed by atoms with Gasteiger partial charge in [0.25, 0.3) is 0 Å². The number of nitrogens with zero attached hydrogens (tertiary/aromatic N) is 1. The van der Waals surface area contributed by atoms with Gasteiger partial charge < -0.3 is 9.32 Å². The normalized spacial score (nSPS) is 14.4. The summed E-state index contributed by atoms with van der Waals surface area (Å²) in [4.78, 5) is 2.49. The van der Waals surface area contributed by atoms with Crippen molar-refractivity contribution in [2.75, 3.05) is 4.90 Å². The minimum absolute atomic E-state index is 0.123. The maximum atomic E-state index is 6.65. The Morgan fingerprint density at radius 3 is 1.61 bits per heavy atom. The molecular formula is C54H41NO. The van der Waals surface area contributed by atoms with Gasteiger partial charge in [0, 0.05) is 33.2 Å². The van der Waals surface area contributed by atoms with E-state index in [0.717, 1.165) is 44.6 Å². The van der Waals surface area contributed by atoms with Gasteiger partial charge >= 0.3 is 0 Å². The van der Waals surface area contributed by atoms with Crippen molar-refractivity contribution in [2.45, 2.75) is 38.5 Å². The standard InChI is InChI=1S/C54H41NO/c1-53(2)45-19-11-8-16-40(45)42-28-24-36(32-47(42)53)39-30-31-50-51(44-18-10-13-21-49(44)56-50)52(39)55(37-25-22-35(23-26-37)34-14-6-5-7-15-34)38-27-29-43-41-17-9-12-20-46(41)54(3,4)48(43)33-38/h5-33H,1-4H3. The monoisotopic (exact) mass is 719 g/mol. The van der Waals surface area contributed by atoms with Crippen LogP contribution in [0, 0.1) is 0 Å². The summed E-state index contributed by atoms with van der Waals surface area (Å²) in [6.45, 7) is 9.45. The molecule has 0 atom stereocenters. The molecule has 9 aromatic rings. The quantitative estimate of drug-likeness (QED) is 0.176. The van der Waals surface area contributed by atoms with E-state index in [4.69, 9.17) is 4.42 Å². The number of rotatable bonds is 5. The van der Waals surface area contributed by atoms with Crippen LogP contribution in [0.4, 0.5) is 17.1 Å². The molecule has 2 aliphatic rings. The zero-order valence-corrected chi connectivity index (χ0v) is 32.1. The fourth-order valence-electron chi connectivity index (χ4n) is 9.81. The summed E-state index contributed by atoms with van der Waals surface area (Å²) >= 11 is 0. The van der Waals surface area contributed by atoms with Gasteiger partial charge in [0.05, 0.1) is 11.1 Å². The second-order valence-corrected chi connectivity index (χ2v) is 16.5. The van der Waals surface area contributed by atoms with Gasteiger partial charge in [-0.2, -0.15) is 0 Å². The summed E-state index contributed by atoms with van der Waals surface area (Å²) in [5, 5.41) is 2.21. The van der Waals surface area contributed by atoms with Crippen molar-refractivity contribution in [3.05, 3.63) is 198 Å². The third kappa shape index (κ3) is 4.69. The second kappa shape index (κ2) is 11.9. The van der Waals surface area contributed by atoms with Gasteiger partial charge in [-0.05, 0) is 110 Å². The molecule has 0 spiro atoms. The van der Waals surface area contributed by atoms with Crippen molar-refractivity contribution < 1.29 is 4.42 Å². The molecule has 0 aliphatic heterocycles. The van der Waals surface area contributed by atoms with Gasteiger partial charge in [-0.25, -0.2) is 0 Å². The molecule has 0 amide bonds. The van der Waals surface area contributed by atoms with E-state index >= 15 is 0 Å². The minimum Gasteiger partial charge on any atom is -0.456 e. The number of furan rings is 1. The predicted octanol–water partition coefficient (Wildman–Crippen LogP) is 15.0. The molecule has 2 nitrogen and oxygen atoms in total. The first-order valence-electron chi connectivity index (χ1n) is 19.7. The first kappa shape index (κ1) is 32.8. The SMILES string of the molecule is CC1(C)c2ccccc2-c2ccc(-c3ccc4oc5ccccc5c4c3N(c3ccc(-c4ccccc4)cc3)c3ccc4c(c3)C(C)(C)c3ccccc3-4)cc21.